The number of methoxy groups -OCH3 is 2. The van der Waals surface area contributed by atoms with E-state index in [1.807, 2.05) is 42.5 Å². The SMILES string of the molecule is COc1ccc(CC(=O)O[C@H](C)C(=O)Nc2ccc3ccccc3c2)cc1OC. The van der Waals surface area contributed by atoms with Crippen LogP contribution in [-0.2, 0) is 20.7 Å². The second-order valence-corrected chi connectivity index (χ2v) is 6.55. The second-order valence-electron chi connectivity index (χ2n) is 6.55. The first-order valence-electron chi connectivity index (χ1n) is 9.20. The van der Waals surface area contributed by atoms with E-state index >= 15 is 0 Å². The summed E-state index contributed by atoms with van der Waals surface area (Å²) in [4.78, 5) is 24.6. The molecule has 29 heavy (non-hydrogen) atoms. The van der Waals surface area contributed by atoms with Gasteiger partial charge in [0.05, 0.1) is 20.6 Å². The van der Waals surface area contributed by atoms with Gasteiger partial charge in [-0.2, -0.15) is 0 Å². The smallest absolute Gasteiger partial charge is 0.311 e. The first-order chi connectivity index (χ1) is 14.0. The number of benzene rings is 3. The molecule has 3 aromatic carbocycles. The monoisotopic (exact) mass is 393 g/mol. The van der Waals surface area contributed by atoms with Crippen molar-refractivity contribution in [1.29, 1.82) is 0 Å². The van der Waals surface area contributed by atoms with Crippen LogP contribution < -0.4 is 14.8 Å². The van der Waals surface area contributed by atoms with Crippen molar-refractivity contribution in [3.05, 3.63) is 66.2 Å². The van der Waals surface area contributed by atoms with E-state index in [2.05, 4.69) is 5.32 Å². The van der Waals surface area contributed by atoms with E-state index in [4.69, 9.17) is 14.2 Å². The summed E-state index contributed by atoms with van der Waals surface area (Å²) in [6.45, 7) is 1.54. The van der Waals surface area contributed by atoms with Gasteiger partial charge in [-0.05, 0) is 47.5 Å². The average Bonchev–Trinajstić information content (AvgIpc) is 2.73. The Balaban J connectivity index is 1.59. The molecule has 6 heteroatoms. The minimum atomic E-state index is -0.922. The molecule has 0 aliphatic rings. The number of ether oxygens (including phenoxy) is 3. The summed E-state index contributed by atoms with van der Waals surface area (Å²) in [6, 6.07) is 18.7. The zero-order valence-electron chi connectivity index (χ0n) is 16.6. The van der Waals surface area contributed by atoms with Gasteiger partial charge in [-0.25, -0.2) is 0 Å². The molecule has 0 aromatic heterocycles. The van der Waals surface area contributed by atoms with Crippen LogP contribution in [0.15, 0.2) is 60.7 Å². The molecule has 0 spiro atoms. The molecule has 6 nitrogen and oxygen atoms in total. The lowest BCUT2D eigenvalue weighted by atomic mass is 10.1. The predicted molar refractivity (Wildman–Crippen MR) is 111 cm³/mol. The average molecular weight is 393 g/mol. The molecule has 0 aliphatic carbocycles. The van der Waals surface area contributed by atoms with Gasteiger partial charge >= 0.3 is 5.97 Å². The van der Waals surface area contributed by atoms with Crippen molar-refractivity contribution >= 4 is 28.3 Å². The van der Waals surface area contributed by atoms with Crippen LogP contribution in [0.5, 0.6) is 11.5 Å². The van der Waals surface area contributed by atoms with Gasteiger partial charge in [0.2, 0.25) is 0 Å². The first-order valence-corrected chi connectivity index (χ1v) is 9.20. The molecular formula is C23H23NO5. The van der Waals surface area contributed by atoms with E-state index in [1.54, 1.807) is 32.2 Å². The summed E-state index contributed by atoms with van der Waals surface area (Å²) < 4.78 is 15.7. The quantitative estimate of drug-likeness (QED) is 0.615. The normalized spacial score (nSPS) is 11.6. The van der Waals surface area contributed by atoms with Gasteiger partial charge in [-0.3, -0.25) is 9.59 Å². The maximum absolute atomic E-state index is 12.4. The van der Waals surface area contributed by atoms with Crippen molar-refractivity contribution in [3.63, 3.8) is 0 Å². The Morgan fingerprint density at radius 3 is 2.34 bits per heavy atom. The van der Waals surface area contributed by atoms with Crippen LogP contribution in [0.4, 0.5) is 5.69 Å². The van der Waals surface area contributed by atoms with Crippen molar-refractivity contribution in [1.82, 2.24) is 0 Å². The molecule has 0 bridgehead atoms. The third-order valence-electron chi connectivity index (χ3n) is 4.49. The summed E-state index contributed by atoms with van der Waals surface area (Å²) in [7, 11) is 3.07. The van der Waals surface area contributed by atoms with Gasteiger partial charge in [0.1, 0.15) is 0 Å². The van der Waals surface area contributed by atoms with Crippen LogP contribution in [-0.4, -0.2) is 32.2 Å². The molecule has 0 saturated carbocycles. The van der Waals surface area contributed by atoms with Crippen LogP contribution in [0.3, 0.4) is 0 Å². The Bertz CT molecular complexity index is 1030. The number of amides is 1. The molecule has 0 saturated heterocycles. The number of fused-ring (bicyclic) bond motifs is 1. The Morgan fingerprint density at radius 1 is 0.897 bits per heavy atom. The summed E-state index contributed by atoms with van der Waals surface area (Å²) in [5.74, 6) is 0.215. The van der Waals surface area contributed by atoms with Gasteiger partial charge in [-0.15, -0.1) is 0 Å². The van der Waals surface area contributed by atoms with Crippen molar-refractivity contribution in [2.45, 2.75) is 19.4 Å². The topological polar surface area (TPSA) is 73.9 Å². The molecule has 0 aliphatic heterocycles. The lowest BCUT2D eigenvalue weighted by Gasteiger charge is -2.14. The second kappa shape index (κ2) is 9.10. The fourth-order valence-electron chi connectivity index (χ4n) is 2.96. The molecule has 150 valence electrons. The molecule has 3 rings (SSSR count). The minimum absolute atomic E-state index is 0.0218. The summed E-state index contributed by atoms with van der Waals surface area (Å²) in [5, 5.41) is 4.88. The molecular weight excluding hydrogens is 370 g/mol. The van der Waals surface area contributed by atoms with Gasteiger partial charge in [0.15, 0.2) is 17.6 Å². The van der Waals surface area contributed by atoms with E-state index in [1.165, 1.54) is 7.11 Å². The predicted octanol–water partition coefficient (Wildman–Crippen LogP) is 3.97. The molecule has 1 atom stereocenters. The van der Waals surface area contributed by atoms with Gasteiger partial charge in [-0.1, -0.05) is 36.4 Å². The first kappa shape index (κ1) is 20.2. The third kappa shape index (κ3) is 5.04. The molecule has 1 N–H and O–H groups in total. The van der Waals surface area contributed by atoms with Gasteiger partial charge in [0.25, 0.3) is 5.91 Å². The van der Waals surface area contributed by atoms with Crippen molar-refractivity contribution in [3.8, 4) is 11.5 Å². The number of nitrogens with one attached hydrogen (secondary N) is 1. The van der Waals surface area contributed by atoms with E-state index in [-0.39, 0.29) is 12.3 Å². The lowest BCUT2D eigenvalue weighted by Crippen LogP contribution is -2.30. The Kier molecular flexibility index (Phi) is 6.34. The van der Waals surface area contributed by atoms with Crippen molar-refractivity contribution in [2.75, 3.05) is 19.5 Å². The largest absolute Gasteiger partial charge is 0.493 e. The fourth-order valence-corrected chi connectivity index (χ4v) is 2.96. The van der Waals surface area contributed by atoms with Crippen LogP contribution in [0.25, 0.3) is 10.8 Å². The number of anilines is 1. The van der Waals surface area contributed by atoms with E-state index in [0.29, 0.717) is 22.7 Å². The van der Waals surface area contributed by atoms with Crippen LogP contribution in [0.2, 0.25) is 0 Å². The summed E-state index contributed by atoms with van der Waals surface area (Å²) >= 11 is 0. The summed E-state index contributed by atoms with van der Waals surface area (Å²) in [6.07, 6.45) is -0.900. The third-order valence-corrected chi connectivity index (χ3v) is 4.49. The molecule has 0 radical (unpaired) electrons. The van der Waals surface area contributed by atoms with Crippen LogP contribution >= 0.6 is 0 Å². The zero-order valence-corrected chi connectivity index (χ0v) is 16.6. The number of carbonyl (C=O) groups is 2. The van der Waals surface area contributed by atoms with Gasteiger partial charge in [0, 0.05) is 5.69 Å². The lowest BCUT2D eigenvalue weighted by molar-refractivity contribution is -0.152. The highest BCUT2D eigenvalue weighted by molar-refractivity contribution is 5.97. The number of hydrogen-bond donors (Lipinski definition) is 1. The number of esters is 1. The number of rotatable bonds is 7. The molecule has 3 aromatic rings. The van der Waals surface area contributed by atoms with Crippen molar-refractivity contribution in [2.24, 2.45) is 0 Å². The van der Waals surface area contributed by atoms with Crippen LogP contribution in [0, 0.1) is 0 Å². The van der Waals surface area contributed by atoms with E-state index in [0.717, 1.165) is 10.8 Å². The highest BCUT2D eigenvalue weighted by atomic mass is 16.5. The molecule has 0 heterocycles. The van der Waals surface area contributed by atoms with Crippen molar-refractivity contribution < 1.29 is 23.8 Å². The van der Waals surface area contributed by atoms with E-state index < -0.39 is 12.1 Å². The Hall–Kier alpha value is -3.54. The maximum Gasteiger partial charge on any atom is 0.311 e. The van der Waals surface area contributed by atoms with E-state index in [9.17, 15) is 9.59 Å². The molecule has 0 unspecified atom stereocenters. The number of carbonyl (C=O) groups excluding carboxylic acids is 2. The van der Waals surface area contributed by atoms with Crippen LogP contribution in [0.1, 0.15) is 12.5 Å². The minimum Gasteiger partial charge on any atom is -0.493 e. The highest BCUT2D eigenvalue weighted by Gasteiger charge is 2.19. The number of hydrogen-bond acceptors (Lipinski definition) is 5. The Labute approximate surface area is 169 Å². The zero-order chi connectivity index (χ0) is 20.8. The highest BCUT2D eigenvalue weighted by Crippen LogP contribution is 2.27. The standard InChI is InChI=1S/C23H23NO5/c1-15(23(26)24-19-10-9-17-6-4-5-7-18(17)14-19)29-22(25)13-16-8-11-20(27-2)21(12-16)28-3/h4-12,14-15H,13H2,1-3H3,(H,24,26)/t15-/m1/s1. The molecule has 0 fully saturated rings. The molecule has 1 amide bonds. The Morgan fingerprint density at radius 2 is 1.62 bits per heavy atom. The summed E-state index contributed by atoms with van der Waals surface area (Å²) in [5.41, 5.74) is 1.35. The van der Waals surface area contributed by atoms with Gasteiger partial charge < -0.3 is 19.5 Å². The fraction of sp³-hybridized carbons (Fsp3) is 0.217. The maximum atomic E-state index is 12.4.